The molecule has 2 N–H and O–H groups in total. The quantitative estimate of drug-likeness (QED) is 0.816. The first-order chi connectivity index (χ1) is 7.89. The second-order valence-corrected chi connectivity index (χ2v) is 5.36. The Balaban J connectivity index is 2.55. The molecule has 0 saturated carbocycles. The lowest BCUT2D eigenvalue weighted by Crippen LogP contribution is -2.22. The highest BCUT2D eigenvalue weighted by atomic mass is 15.3. The molecule has 17 heavy (non-hydrogen) atoms. The van der Waals surface area contributed by atoms with Crippen molar-refractivity contribution in [3.63, 3.8) is 0 Å². The Morgan fingerprint density at radius 2 is 1.82 bits per heavy atom. The average Bonchev–Trinajstić information content (AvgIpc) is 2.61. The lowest BCUT2D eigenvalue weighted by atomic mass is 10.1. The van der Waals surface area contributed by atoms with Gasteiger partial charge in [0.15, 0.2) is 0 Å². The normalized spacial score (nSPS) is 11.8. The number of nitrogen functional groups attached to an aromatic ring is 1. The van der Waals surface area contributed by atoms with Crippen LogP contribution in [0.3, 0.4) is 0 Å². The number of hydrogen-bond donors (Lipinski definition) is 1. The fraction of sp³-hybridized carbons (Fsp3) is 0.357. The van der Waals surface area contributed by atoms with E-state index < -0.39 is 0 Å². The second-order valence-electron chi connectivity index (χ2n) is 5.36. The van der Waals surface area contributed by atoms with Gasteiger partial charge in [0.1, 0.15) is 5.69 Å². The molecule has 3 heteroatoms. The van der Waals surface area contributed by atoms with Crippen molar-refractivity contribution < 1.29 is 0 Å². The molecule has 0 atom stereocenters. The van der Waals surface area contributed by atoms with E-state index in [1.54, 1.807) is 0 Å². The topological polar surface area (TPSA) is 43.8 Å². The third-order valence-corrected chi connectivity index (χ3v) is 2.83. The maximum atomic E-state index is 6.06. The molecule has 2 rings (SSSR count). The van der Waals surface area contributed by atoms with Crippen LogP contribution in [0.1, 0.15) is 26.3 Å². The van der Waals surface area contributed by atoms with Gasteiger partial charge in [-0.1, -0.05) is 24.3 Å². The minimum atomic E-state index is -0.0466. The molecule has 90 valence electrons. The van der Waals surface area contributed by atoms with Crippen molar-refractivity contribution in [2.24, 2.45) is 0 Å². The van der Waals surface area contributed by atoms with Gasteiger partial charge < -0.3 is 5.73 Å². The van der Waals surface area contributed by atoms with Gasteiger partial charge in [-0.05, 0) is 33.3 Å². The van der Waals surface area contributed by atoms with Crippen molar-refractivity contribution in [1.29, 1.82) is 0 Å². The van der Waals surface area contributed by atoms with Crippen LogP contribution in [-0.2, 0) is 5.54 Å². The van der Waals surface area contributed by atoms with E-state index in [1.807, 2.05) is 23.0 Å². The molecular formula is C14H19N3. The van der Waals surface area contributed by atoms with Crippen LogP contribution in [0.5, 0.6) is 0 Å². The summed E-state index contributed by atoms with van der Waals surface area (Å²) in [7, 11) is 0. The van der Waals surface area contributed by atoms with Gasteiger partial charge in [-0.2, -0.15) is 5.10 Å². The van der Waals surface area contributed by atoms with Gasteiger partial charge in [0.25, 0.3) is 0 Å². The van der Waals surface area contributed by atoms with E-state index in [9.17, 15) is 0 Å². The number of aryl methyl sites for hydroxylation is 1. The van der Waals surface area contributed by atoms with Crippen molar-refractivity contribution in [3.8, 4) is 11.3 Å². The molecule has 0 aliphatic heterocycles. The summed E-state index contributed by atoms with van der Waals surface area (Å²) in [6.07, 6.45) is 1.90. The fourth-order valence-electron chi connectivity index (χ4n) is 1.78. The van der Waals surface area contributed by atoms with Gasteiger partial charge in [0, 0.05) is 11.8 Å². The molecular weight excluding hydrogens is 210 g/mol. The van der Waals surface area contributed by atoms with Gasteiger partial charge in [-0.3, -0.25) is 4.68 Å². The summed E-state index contributed by atoms with van der Waals surface area (Å²) in [4.78, 5) is 0. The van der Waals surface area contributed by atoms with Crippen LogP contribution in [-0.4, -0.2) is 9.78 Å². The van der Waals surface area contributed by atoms with E-state index in [2.05, 4.69) is 44.9 Å². The molecule has 0 saturated heterocycles. The highest BCUT2D eigenvalue weighted by molar-refractivity contribution is 5.74. The van der Waals surface area contributed by atoms with E-state index in [1.165, 1.54) is 5.56 Å². The number of anilines is 1. The van der Waals surface area contributed by atoms with E-state index in [0.29, 0.717) is 0 Å². The molecule has 2 aromatic rings. The molecule has 0 amide bonds. The van der Waals surface area contributed by atoms with Crippen molar-refractivity contribution >= 4 is 5.69 Å². The Morgan fingerprint density at radius 1 is 1.18 bits per heavy atom. The third-order valence-electron chi connectivity index (χ3n) is 2.83. The Bertz CT molecular complexity index is 533. The van der Waals surface area contributed by atoms with Crippen molar-refractivity contribution in [3.05, 3.63) is 36.0 Å². The molecule has 3 nitrogen and oxygen atoms in total. The maximum absolute atomic E-state index is 6.06. The van der Waals surface area contributed by atoms with Crippen LogP contribution in [0.4, 0.5) is 5.69 Å². The number of rotatable bonds is 1. The highest BCUT2D eigenvalue weighted by Crippen LogP contribution is 2.28. The third kappa shape index (κ3) is 2.18. The first-order valence-electron chi connectivity index (χ1n) is 5.81. The van der Waals surface area contributed by atoms with Crippen LogP contribution >= 0.6 is 0 Å². The molecule has 1 aromatic carbocycles. The molecule has 1 heterocycles. The molecule has 1 aromatic heterocycles. The average molecular weight is 229 g/mol. The summed E-state index contributed by atoms with van der Waals surface area (Å²) < 4.78 is 1.92. The lowest BCUT2D eigenvalue weighted by molar-refractivity contribution is 0.356. The minimum absolute atomic E-state index is 0.0466. The summed E-state index contributed by atoms with van der Waals surface area (Å²) in [5.74, 6) is 0. The van der Waals surface area contributed by atoms with E-state index >= 15 is 0 Å². The number of hydrogen-bond acceptors (Lipinski definition) is 2. The molecule has 0 unspecified atom stereocenters. The van der Waals surface area contributed by atoms with Crippen molar-refractivity contribution in [2.45, 2.75) is 33.2 Å². The Morgan fingerprint density at radius 3 is 2.35 bits per heavy atom. The minimum Gasteiger partial charge on any atom is -0.396 e. The number of nitrogens with zero attached hydrogens (tertiary/aromatic N) is 2. The Kier molecular flexibility index (Phi) is 2.69. The van der Waals surface area contributed by atoms with Gasteiger partial charge in [-0.15, -0.1) is 0 Å². The summed E-state index contributed by atoms with van der Waals surface area (Å²) >= 11 is 0. The van der Waals surface area contributed by atoms with E-state index in [-0.39, 0.29) is 5.54 Å². The zero-order chi connectivity index (χ0) is 12.6. The van der Waals surface area contributed by atoms with Crippen LogP contribution in [0, 0.1) is 6.92 Å². The second kappa shape index (κ2) is 3.91. The summed E-state index contributed by atoms with van der Waals surface area (Å²) in [5.41, 5.74) is 9.91. The summed E-state index contributed by atoms with van der Waals surface area (Å²) in [6, 6.07) is 8.17. The molecule has 0 spiro atoms. The molecule has 0 fully saturated rings. The zero-order valence-electron chi connectivity index (χ0n) is 10.9. The SMILES string of the molecule is Cc1ccccc1-c1nn(C(C)(C)C)cc1N. The summed E-state index contributed by atoms with van der Waals surface area (Å²) in [6.45, 7) is 8.41. The number of nitrogens with two attached hydrogens (primary N) is 1. The Labute approximate surface area is 102 Å². The molecule has 0 aliphatic rings. The van der Waals surface area contributed by atoms with Crippen LogP contribution in [0.25, 0.3) is 11.3 Å². The smallest absolute Gasteiger partial charge is 0.115 e. The zero-order valence-corrected chi connectivity index (χ0v) is 10.9. The van der Waals surface area contributed by atoms with Gasteiger partial charge in [-0.25, -0.2) is 0 Å². The molecule has 0 bridgehead atoms. The van der Waals surface area contributed by atoms with Gasteiger partial charge in [0.05, 0.1) is 11.2 Å². The number of benzene rings is 1. The monoisotopic (exact) mass is 229 g/mol. The van der Waals surface area contributed by atoms with Gasteiger partial charge >= 0.3 is 0 Å². The highest BCUT2D eigenvalue weighted by Gasteiger charge is 2.18. The molecule has 0 radical (unpaired) electrons. The fourth-order valence-corrected chi connectivity index (χ4v) is 1.78. The first kappa shape index (κ1) is 11.7. The predicted octanol–water partition coefficient (Wildman–Crippen LogP) is 3.20. The van der Waals surface area contributed by atoms with Gasteiger partial charge in [0.2, 0.25) is 0 Å². The van der Waals surface area contributed by atoms with E-state index in [0.717, 1.165) is 16.9 Å². The number of aromatic nitrogens is 2. The lowest BCUT2D eigenvalue weighted by Gasteiger charge is -2.18. The maximum Gasteiger partial charge on any atom is 0.115 e. The standard InChI is InChI=1S/C14H19N3/c1-10-7-5-6-8-11(10)13-12(15)9-17(16-13)14(2,3)4/h5-9H,15H2,1-4H3. The largest absolute Gasteiger partial charge is 0.396 e. The summed E-state index contributed by atoms with van der Waals surface area (Å²) in [5, 5.41) is 4.60. The van der Waals surface area contributed by atoms with Crippen molar-refractivity contribution in [1.82, 2.24) is 9.78 Å². The first-order valence-corrected chi connectivity index (χ1v) is 5.81. The van der Waals surface area contributed by atoms with Crippen LogP contribution < -0.4 is 5.73 Å². The Hall–Kier alpha value is -1.77. The van der Waals surface area contributed by atoms with Crippen molar-refractivity contribution in [2.75, 3.05) is 5.73 Å². The van der Waals surface area contributed by atoms with E-state index in [4.69, 9.17) is 5.73 Å². The predicted molar refractivity (Wildman–Crippen MR) is 71.8 cm³/mol. The molecule has 0 aliphatic carbocycles. The van der Waals surface area contributed by atoms with Crippen LogP contribution in [0.2, 0.25) is 0 Å². The van der Waals surface area contributed by atoms with Crippen LogP contribution in [0.15, 0.2) is 30.5 Å².